The van der Waals surface area contributed by atoms with Gasteiger partial charge in [-0.25, -0.2) is 4.39 Å². The van der Waals surface area contributed by atoms with E-state index in [2.05, 4.69) is 32.2 Å². The number of hydrogen-bond acceptors (Lipinski definition) is 5. The van der Waals surface area contributed by atoms with Crippen LogP contribution in [0.5, 0.6) is 0 Å². The number of carbonyl (C=O) groups is 1. The number of likely N-dealkylation sites (N-methyl/N-ethyl adjacent to an activating group) is 1. The van der Waals surface area contributed by atoms with Gasteiger partial charge in [0.1, 0.15) is 5.82 Å². The minimum Gasteiger partial charge on any atom is -0.353 e. The SMILES string of the molecule is CCN1CCN(c2ccc(C(=O)NCc3ccc(F)cc3)nn2)CC1. The normalized spacial score (nSPS) is 15.2. The third-order valence-electron chi connectivity index (χ3n) is 4.39. The number of hydrogen-bond donors (Lipinski definition) is 1. The van der Waals surface area contributed by atoms with Gasteiger partial charge in [-0.15, -0.1) is 10.2 Å². The summed E-state index contributed by atoms with van der Waals surface area (Å²) in [6, 6.07) is 9.54. The van der Waals surface area contributed by atoms with Crippen LogP contribution in [0.3, 0.4) is 0 Å². The monoisotopic (exact) mass is 343 g/mol. The first-order valence-electron chi connectivity index (χ1n) is 8.49. The van der Waals surface area contributed by atoms with Gasteiger partial charge in [0.15, 0.2) is 11.5 Å². The number of anilines is 1. The Morgan fingerprint density at radius 3 is 2.40 bits per heavy atom. The van der Waals surface area contributed by atoms with Crippen LogP contribution in [0.4, 0.5) is 10.2 Å². The Bertz CT molecular complexity index is 696. The maximum absolute atomic E-state index is 12.9. The van der Waals surface area contributed by atoms with Crippen molar-refractivity contribution < 1.29 is 9.18 Å². The molecule has 0 aliphatic carbocycles. The van der Waals surface area contributed by atoms with Crippen LogP contribution in [0.15, 0.2) is 36.4 Å². The molecule has 0 spiro atoms. The summed E-state index contributed by atoms with van der Waals surface area (Å²) < 4.78 is 12.9. The van der Waals surface area contributed by atoms with Crippen molar-refractivity contribution >= 4 is 11.7 Å². The Hall–Kier alpha value is -2.54. The van der Waals surface area contributed by atoms with Crippen LogP contribution >= 0.6 is 0 Å². The van der Waals surface area contributed by atoms with E-state index in [9.17, 15) is 9.18 Å². The van der Waals surface area contributed by atoms with E-state index >= 15 is 0 Å². The maximum Gasteiger partial charge on any atom is 0.272 e. The fraction of sp³-hybridized carbons (Fsp3) is 0.389. The molecule has 0 saturated carbocycles. The average molecular weight is 343 g/mol. The summed E-state index contributed by atoms with van der Waals surface area (Å²) in [4.78, 5) is 16.7. The molecule has 2 aromatic rings. The van der Waals surface area contributed by atoms with E-state index < -0.39 is 0 Å². The largest absolute Gasteiger partial charge is 0.353 e. The molecular weight excluding hydrogens is 321 g/mol. The molecule has 0 unspecified atom stereocenters. The minimum absolute atomic E-state index is 0.276. The summed E-state index contributed by atoms with van der Waals surface area (Å²) in [5.41, 5.74) is 1.10. The summed E-state index contributed by atoms with van der Waals surface area (Å²) in [5, 5.41) is 11.0. The van der Waals surface area contributed by atoms with Crippen LogP contribution in [0.25, 0.3) is 0 Å². The van der Waals surface area contributed by atoms with Crippen LogP contribution in [0.2, 0.25) is 0 Å². The summed E-state index contributed by atoms with van der Waals surface area (Å²) >= 11 is 0. The van der Waals surface area contributed by atoms with Crippen LogP contribution in [0, 0.1) is 5.82 Å². The van der Waals surface area contributed by atoms with Crippen molar-refractivity contribution in [3.05, 3.63) is 53.5 Å². The molecule has 7 heteroatoms. The van der Waals surface area contributed by atoms with E-state index in [1.54, 1.807) is 18.2 Å². The molecule has 25 heavy (non-hydrogen) atoms. The standard InChI is InChI=1S/C18H22FN5O/c1-2-23-9-11-24(12-10-23)17-8-7-16(21-22-17)18(25)20-13-14-3-5-15(19)6-4-14/h3-8H,2,9-13H2,1H3,(H,20,25). The Labute approximate surface area is 146 Å². The predicted molar refractivity (Wildman–Crippen MR) is 93.9 cm³/mol. The van der Waals surface area contributed by atoms with Gasteiger partial charge in [-0.2, -0.15) is 0 Å². The highest BCUT2D eigenvalue weighted by Gasteiger charge is 2.17. The lowest BCUT2D eigenvalue weighted by atomic mass is 10.2. The molecule has 1 amide bonds. The highest BCUT2D eigenvalue weighted by molar-refractivity contribution is 5.92. The quantitative estimate of drug-likeness (QED) is 0.895. The fourth-order valence-corrected chi connectivity index (χ4v) is 2.78. The number of nitrogens with zero attached hydrogens (tertiary/aromatic N) is 4. The van der Waals surface area contributed by atoms with Crippen LogP contribution in [0.1, 0.15) is 23.0 Å². The molecule has 3 rings (SSSR count). The Morgan fingerprint density at radius 2 is 1.80 bits per heavy atom. The molecule has 1 fully saturated rings. The Morgan fingerprint density at radius 1 is 1.08 bits per heavy atom. The zero-order valence-electron chi connectivity index (χ0n) is 14.3. The first-order valence-corrected chi connectivity index (χ1v) is 8.49. The zero-order valence-corrected chi connectivity index (χ0v) is 14.3. The molecular formula is C18H22FN5O. The topological polar surface area (TPSA) is 61.4 Å². The number of benzene rings is 1. The van der Waals surface area contributed by atoms with Crippen molar-refractivity contribution in [1.82, 2.24) is 20.4 Å². The number of aromatic nitrogens is 2. The van der Waals surface area contributed by atoms with Gasteiger partial charge < -0.3 is 15.1 Å². The van der Waals surface area contributed by atoms with Gasteiger partial charge in [-0.05, 0) is 36.4 Å². The third-order valence-corrected chi connectivity index (χ3v) is 4.39. The highest BCUT2D eigenvalue weighted by Crippen LogP contribution is 2.12. The molecule has 0 radical (unpaired) electrons. The highest BCUT2D eigenvalue weighted by atomic mass is 19.1. The number of halogens is 1. The lowest BCUT2D eigenvalue weighted by Gasteiger charge is -2.34. The summed E-state index contributed by atoms with van der Waals surface area (Å²) in [6.07, 6.45) is 0. The van der Waals surface area contributed by atoms with Gasteiger partial charge in [-0.1, -0.05) is 19.1 Å². The molecule has 6 nitrogen and oxygen atoms in total. The number of amides is 1. The molecule has 132 valence electrons. The van der Waals surface area contributed by atoms with Gasteiger partial charge in [-0.3, -0.25) is 4.79 Å². The fourth-order valence-electron chi connectivity index (χ4n) is 2.78. The van der Waals surface area contributed by atoms with Gasteiger partial charge >= 0.3 is 0 Å². The summed E-state index contributed by atoms with van der Waals surface area (Å²) in [5.74, 6) is 0.210. The summed E-state index contributed by atoms with van der Waals surface area (Å²) in [6.45, 7) is 7.40. The van der Waals surface area contributed by atoms with Crippen molar-refractivity contribution in [3.63, 3.8) is 0 Å². The van der Waals surface area contributed by atoms with Gasteiger partial charge in [0, 0.05) is 32.7 Å². The van der Waals surface area contributed by atoms with E-state index in [1.807, 2.05) is 6.07 Å². The van der Waals surface area contributed by atoms with Crippen LogP contribution in [-0.4, -0.2) is 53.7 Å². The first-order chi connectivity index (χ1) is 12.2. The number of piperazine rings is 1. The third kappa shape index (κ3) is 4.51. The van der Waals surface area contributed by atoms with Crippen molar-refractivity contribution in [3.8, 4) is 0 Å². The van der Waals surface area contributed by atoms with Gasteiger partial charge in [0.2, 0.25) is 0 Å². The van der Waals surface area contributed by atoms with E-state index in [-0.39, 0.29) is 17.4 Å². The second-order valence-corrected chi connectivity index (χ2v) is 6.01. The van der Waals surface area contributed by atoms with Crippen molar-refractivity contribution in [2.45, 2.75) is 13.5 Å². The smallest absolute Gasteiger partial charge is 0.272 e. The molecule has 1 aromatic carbocycles. The average Bonchev–Trinajstić information content (AvgIpc) is 2.67. The van der Waals surface area contributed by atoms with Crippen LogP contribution < -0.4 is 10.2 Å². The molecule has 1 aliphatic rings. The summed E-state index contributed by atoms with van der Waals surface area (Å²) in [7, 11) is 0. The maximum atomic E-state index is 12.9. The second-order valence-electron chi connectivity index (χ2n) is 6.01. The van der Waals surface area contributed by atoms with Crippen molar-refractivity contribution in [2.24, 2.45) is 0 Å². The number of rotatable bonds is 5. The van der Waals surface area contributed by atoms with Crippen molar-refractivity contribution in [1.29, 1.82) is 0 Å². The molecule has 1 saturated heterocycles. The van der Waals surface area contributed by atoms with Gasteiger partial charge in [0.05, 0.1) is 0 Å². The molecule has 1 aliphatic heterocycles. The second kappa shape index (κ2) is 8.02. The lowest BCUT2D eigenvalue weighted by molar-refractivity contribution is 0.0945. The zero-order chi connectivity index (χ0) is 17.6. The van der Waals surface area contributed by atoms with E-state index in [4.69, 9.17) is 0 Å². The molecule has 2 heterocycles. The van der Waals surface area contributed by atoms with E-state index in [1.165, 1.54) is 12.1 Å². The first kappa shape index (κ1) is 17.3. The number of nitrogens with one attached hydrogen (secondary N) is 1. The molecule has 0 atom stereocenters. The van der Waals surface area contributed by atoms with Crippen molar-refractivity contribution in [2.75, 3.05) is 37.6 Å². The minimum atomic E-state index is -0.295. The Kier molecular flexibility index (Phi) is 5.55. The van der Waals surface area contributed by atoms with Gasteiger partial charge in [0.25, 0.3) is 5.91 Å². The number of carbonyl (C=O) groups excluding carboxylic acids is 1. The predicted octanol–water partition coefficient (Wildman–Crippen LogP) is 1.69. The lowest BCUT2D eigenvalue weighted by Crippen LogP contribution is -2.46. The van der Waals surface area contributed by atoms with E-state index in [0.717, 1.165) is 44.1 Å². The molecule has 1 aromatic heterocycles. The van der Waals surface area contributed by atoms with E-state index in [0.29, 0.717) is 6.54 Å². The van der Waals surface area contributed by atoms with Crippen LogP contribution in [-0.2, 0) is 6.54 Å². The molecule has 1 N–H and O–H groups in total. The Balaban J connectivity index is 1.54. The molecule has 0 bridgehead atoms.